The van der Waals surface area contributed by atoms with Crippen LogP contribution in [0.2, 0.25) is 0 Å². The lowest BCUT2D eigenvalue weighted by Gasteiger charge is -2.28. The molecule has 1 saturated carbocycles. The molecule has 0 bridgehead atoms. The van der Waals surface area contributed by atoms with Gasteiger partial charge in [0.1, 0.15) is 6.10 Å². The highest BCUT2D eigenvalue weighted by Crippen LogP contribution is 2.28. The van der Waals surface area contributed by atoms with E-state index < -0.39 is 6.10 Å². The SMILES string of the molecule is CC(O)C(C)OC(C#N)C1CCCCC1. The Labute approximate surface area is 92.0 Å². The predicted molar refractivity (Wildman–Crippen MR) is 58.2 cm³/mol. The Morgan fingerprint density at radius 1 is 1.27 bits per heavy atom. The molecule has 0 heterocycles. The predicted octanol–water partition coefficient (Wildman–Crippen LogP) is 2.24. The van der Waals surface area contributed by atoms with Crippen LogP contribution < -0.4 is 0 Å². The van der Waals surface area contributed by atoms with Crippen LogP contribution in [0.3, 0.4) is 0 Å². The molecule has 0 saturated heterocycles. The summed E-state index contributed by atoms with van der Waals surface area (Å²) in [6.07, 6.45) is 4.76. The summed E-state index contributed by atoms with van der Waals surface area (Å²) < 4.78 is 5.59. The molecule has 15 heavy (non-hydrogen) atoms. The van der Waals surface area contributed by atoms with Gasteiger partial charge in [0, 0.05) is 0 Å². The lowest BCUT2D eigenvalue weighted by molar-refractivity contribution is -0.0645. The van der Waals surface area contributed by atoms with Gasteiger partial charge in [-0.05, 0) is 32.6 Å². The molecule has 1 aliphatic rings. The zero-order chi connectivity index (χ0) is 11.3. The van der Waals surface area contributed by atoms with Crippen LogP contribution in [0.15, 0.2) is 0 Å². The summed E-state index contributed by atoms with van der Waals surface area (Å²) in [5.41, 5.74) is 0. The Kier molecular flexibility index (Phi) is 5.07. The van der Waals surface area contributed by atoms with Crippen molar-refractivity contribution in [3.8, 4) is 6.07 Å². The van der Waals surface area contributed by atoms with Crippen molar-refractivity contribution < 1.29 is 9.84 Å². The Balaban J connectivity index is 2.44. The topological polar surface area (TPSA) is 53.2 Å². The van der Waals surface area contributed by atoms with E-state index in [4.69, 9.17) is 10.00 Å². The lowest BCUT2D eigenvalue weighted by Crippen LogP contribution is -2.33. The van der Waals surface area contributed by atoms with E-state index in [1.807, 2.05) is 6.92 Å². The summed E-state index contributed by atoms with van der Waals surface area (Å²) in [7, 11) is 0. The molecule has 1 aliphatic carbocycles. The molecule has 3 unspecified atom stereocenters. The minimum absolute atomic E-state index is 0.253. The monoisotopic (exact) mass is 211 g/mol. The Morgan fingerprint density at radius 2 is 1.87 bits per heavy atom. The van der Waals surface area contributed by atoms with Gasteiger partial charge in [-0.15, -0.1) is 0 Å². The fourth-order valence-electron chi connectivity index (χ4n) is 2.03. The molecule has 3 nitrogen and oxygen atoms in total. The molecule has 0 radical (unpaired) electrons. The molecular weight excluding hydrogens is 190 g/mol. The Hall–Kier alpha value is -0.590. The number of hydrogen-bond donors (Lipinski definition) is 1. The molecule has 0 aromatic rings. The van der Waals surface area contributed by atoms with E-state index in [0.717, 1.165) is 12.8 Å². The molecule has 1 rings (SSSR count). The van der Waals surface area contributed by atoms with Gasteiger partial charge in [0.25, 0.3) is 0 Å². The molecule has 0 aliphatic heterocycles. The van der Waals surface area contributed by atoms with Gasteiger partial charge in [-0.3, -0.25) is 0 Å². The molecule has 3 heteroatoms. The van der Waals surface area contributed by atoms with Crippen molar-refractivity contribution in [3.63, 3.8) is 0 Å². The van der Waals surface area contributed by atoms with E-state index in [-0.39, 0.29) is 12.2 Å². The summed E-state index contributed by atoms with van der Waals surface area (Å²) in [6.45, 7) is 3.51. The fourth-order valence-corrected chi connectivity index (χ4v) is 2.03. The number of nitriles is 1. The van der Waals surface area contributed by atoms with E-state index in [9.17, 15) is 5.11 Å². The van der Waals surface area contributed by atoms with E-state index in [1.54, 1.807) is 6.92 Å². The van der Waals surface area contributed by atoms with Crippen molar-refractivity contribution in [2.24, 2.45) is 5.92 Å². The van der Waals surface area contributed by atoms with Crippen LogP contribution in [0.1, 0.15) is 46.0 Å². The second kappa shape index (κ2) is 6.09. The van der Waals surface area contributed by atoms with Crippen LogP contribution in [-0.2, 0) is 4.74 Å². The van der Waals surface area contributed by atoms with Gasteiger partial charge < -0.3 is 9.84 Å². The van der Waals surface area contributed by atoms with E-state index >= 15 is 0 Å². The maximum Gasteiger partial charge on any atom is 0.147 e. The van der Waals surface area contributed by atoms with Gasteiger partial charge in [-0.1, -0.05) is 19.3 Å². The largest absolute Gasteiger partial charge is 0.391 e. The van der Waals surface area contributed by atoms with Crippen molar-refractivity contribution in [1.82, 2.24) is 0 Å². The van der Waals surface area contributed by atoms with Crippen molar-refractivity contribution in [2.45, 2.75) is 64.3 Å². The smallest absolute Gasteiger partial charge is 0.147 e. The second-order valence-electron chi connectivity index (χ2n) is 4.53. The van der Waals surface area contributed by atoms with Crippen LogP contribution in [0.5, 0.6) is 0 Å². The van der Waals surface area contributed by atoms with Gasteiger partial charge in [0.05, 0.1) is 18.3 Å². The quantitative estimate of drug-likeness (QED) is 0.776. The maximum atomic E-state index is 9.33. The van der Waals surface area contributed by atoms with Gasteiger partial charge in [-0.2, -0.15) is 5.26 Å². The normalized spacial score (nSPS) is 24.1. The highest BCUT2D eigenvalue weighted by molar-refractivity contribution is 4.91. The first kappa shape index (κ1) is 12.5. The van der Waals surface area contributed by atoms with E-state index in [1.165, 1.54) is 19.3 Å². The third kappa shape index (κ3) is 3.81. The first-order valence-electron chi connectivity index (χ1n) is 5.88. The number of ether oxygens (including phenoxy) is 1. The first-order chi connectivity index (χ1) is 7.15. The highest BCUT2D eigenvalue weighted by Gasteiger charge is 2.26. The second-order valence-corrected chi connectivity index (χ2v) is 4.53. The average Bonchev–Trinajstić information content (AvgIpc) is 2.26. The average molecular weight is 211 g/mol. The molecule has 1 N–H and O–H groups in total. The zero-order valence-electron chi connectivity index (χ0n) is 9.65. The van der Waals surface area contributed by atoms with Crippen molar-refractivity contribution in [1.29, 1.82) is 5.26 Å². The molecule has 0 amide bonds. The minimum Gasteiger partial charge on any atom is -0.391 e. The first-order valence-corrected chi connectivity index (χ1v) is 5.88. The third-order valence-corrected chi connectivity index (χ3v) is 3.25. The molecule has 1 fully saturated rings. The molecule has 86 valence electrons. The Morgan fingerprint density at radius 3 is 2.33 bits per heavy atom. The maximum absolute atomic E-state index is 9.33. The van der Waals surface area contributed by atoms with E-state index in [0.29, 0.717) is 5.92 Å². The molecular formula is C12H21NO2. The van der Waals surface area contributed by atoms with Gasteiger partial charge in [0.2, 0.25) is 0 Å². The summed E-state index contributed by atoms with van der Waals surface area (Å²) >= 11 is 0. The summed E-state index contributed by atoms with van der Waals surface area (Å²) in [5, 5.41) is 18.4. The number of hydrogen-bond acceptors (Lipinski definition) is 3. The van der Waals surface area contributed by atoms with Crippen LogP contribution in [0.25, 0.3) is 0 Å². The zero-order valence-corrected chi connectivity index (χ0v) is 9.65. The molecule has 0 spiro atoms. The molecule has 0 aromatic heterocycles. The van der Waals surface area contributed by atoms with Crippen molar-refractivity contribution in [3.05, 3.63) is 0 Å². The summed E-state index contributed by atoms with van der Waals surface area (Å²) in [4.78, 5) is 0. The summed E-state index contributed by atoms with van der Waals surface area (Å²) in [6, 6.07) is 2.22. The third-order valence-electron chi connectivity index (χ3n) is 3.25. The van der Waals surface area contributed by atoms with E-state index in [2.05, 4.69) is 6.07 Å². The molecule has 0 aromatic carbocycles. The van der Waals surface area contributed by atoms with Gasteiger partial charge in [-0.25, -0.2) is 0 Å². The molecule has 3 atom stereocenters. The number of aliphatic hydroxyl groups is 1. The number of nitrogens with zero attached hydrogens (tertiary/aromatic N) is 1. The number of rotatable bonds is 4. The Bertz CT molecular complexity index is 216. The number of aliphatic hydroxyl groups excluding tert-OH is 1. The van der Waals surface area contributed by atoms with Crippen molar-refractivity contribution >= 4 is 0 Å². The van der Waals surface area contributed by atoms with Crippen LogP contribution in [0.4, 0.5) is 0 Å². The highest BCUT2D eigenvalue weighted by atomic mass is 16.5. The van der Waals surface area contributed by atoms with Crippen LogP contribution in [-0.4, -0.2) is 23.4 Å². The lowest BCUT2D eigenvalue weighted by atomic mass is 9.85. The standard InChI is InChI=1S/C12H21NO2/c1-9(14)10(2)15-12(8-13)11-6-4-3-5-7-11/h9-12,14H,3-7H2,1-2H3. The van der Waals surface area contributed by atoms with Gasteiger partial charge >= 0.3 is 0 Å². The van der Waals surface area contributed by atoms with Crippen molar-refractivity contribution in [2.75, 3.05) is 0 Å². The fraction of sp³-hybridized carbons (Fsp3) is 0.917. The van der Waals surface area contributed by atoms with Gasteiger partial charge in [0.15, 0.2) is 0 Å². The summed E-state index contributed by atoms with van der Waals surface area (Å²) in [5.74, 6) is 0.366. The van der Waals surface area contributed by atoms with Crippen LogP contribution in [0, 0.1) is 17.2 Å². The van der Waals surface area contributed by atoms with Crippen LogP contribution >= 0.6 is 0 Å². The minimum atomic E-state index is -0.510.